The van der Waals surface area contributed by atoms with Gasteiger partial charge in [-0.3, -0.25) is 15.5 Å². The molecule has 2 aromatic heterocycles. The molecule has 7 nitrogen and oxygen atoms in total. The standard InChI is InChI=1S/C18H15BrFN5O2/c1-11-7-13(9-22-23-18-6-4-15(10-21-18)25(26)27)12(2)24(11)17-5-3-14(19)8-16(17)20/h3-10H,1-2H3,(H,21,23)/b22-9-. The largest absolute Gasteiger partial charge is 0.315 e. The number of halogens is 2. The molecule has 0 amide bonds. The third-order valence-electron chi connectivity index (χ3n) is 3.96. The van der Waals surface area contributed by atoms with E-state index in [2.05, 4.69) is 31.4 Å². The minimum atomic E-state index is -0.518. The highest BCUT2D eigenvalue weighted by Gasteiger charge is 2.13. The number of benzene rings is 1. The molecule has 3 aromatic rings. The molecule has 138 valence electrons. The first-order valence-electron chi connectivity index (χ1n) is 7.90. The van der Waals surface area contributed by atoms with Crippen LogP contribution in [0.1, 0.15) is 17.0 Å². The first kappa shape index (κ1) is 18.7. The van der Waals surface area contributed by atoms with Crippen LogP contribution >= 0.6 is 15.9 Å². The molecule has 3 rings (SSSR count). The van der Waals surface area contributed by atoms with Crippen LogP contribution in [-0.2, 0) is 0 Å². The normalized spacial score (nSPS) is 11.1. The van der Waals surface area contributed by atoms with Crippen LogP contribution in [0.15, 0.2) is 52.2 Å². The SMILES string of the molecule is Cc1cc(/C=N\Nc2ccc([N+](=O)[O-])cn2)c(C)n1-c1ccc(Br)cc1F. The maximum Gasteiger partial charge on any atom is 0.287 e. The van der Waals surface area contributed by atoms with Crippen molar-refractivity contribution in [2.75, 3.05) is 5.43 Å². The summed E-state index contributed by atoms with van der Waals surface area (Å²) in [6, 6.07) is 9.62. The molecule has 0 saturated carbocycles. The molecule has 0 spiro atoms. The maximum absolute atomic E-state index is 14.3. The summed E-state index contributed by atoms with van der Waals surface area (Å²) in [6.07, 6.45) is 2.75. The fourth-order valence-electron chi connectivity index (χ4n) is 2.68. The minimum absolute atomic E-state index is 0.0930. The molecule has 0 saturated heterocycles. The lowest BCUT2D eigenvalue weighted by molar-refractivity contribution is -0.385. The number of rotatable bonds is 5. The van der Waals surface area contributed by atoms with E-state index in [1.807, 2.05) is 24.5 Å². The number of aryl methyl sites for hydroxylation is 1. The molecule has 1 N–H and O–H groups in total. The van der Waals surface area contributed by atoms with Crippen LogP contribution in [0, 0.1) is 29.8 Å². The Labute approximate surface area is 162 Å². The summed E-state index contributed by atoms with van der Waals surface area (Å²) in [5.74, 6) is 0.0486. The number of hydrazone groups is 1. The predicted molar refractivity (Wildman–Crippen MR) is 105 cm³/mol. The lowest BCUT2D eigenvalue weighted by atomic mass is 10.2. The predicted octanol–water partition coefficient (Wildman–Crippen LogP) is 4.74. The van der Waals surface area contributed by atoms with Crippen molar-refractivity contribution in [2.24, 2.45) is 5.10 Å². The molecule has 27 heavy (non-hydrogen) atoms. The average molecular weight is 432 g/mol. The van der Waals surface area contributed by atoms with Gasteiger partial charge in [-0.2, -0.15) is 5.10 Å². The van der Waals surface area contributed by atoms with E-state index >= 15 is 0 Å². The molecule has 1 aromatic carbocycles. The number of aromatic nitrogens is 2. The third-order valence-corrected chi connectivity index (χ3v) is 4.46. The lowest BCUT2D eigenvalue weighted by Crippen LogP contribution is -2.02. The van der Waals surface area contributed by atoms with Gasteiger partial charge in [-0.05, 0) is 44.2 Å². The number of nitrogens with zero attached hydrogens (tertiary/aromatic N) is 4. The molecule has 0 aliphatic heterocycles. The second-order valence-electron chi connectivity index (χ2n) is 5.79. The van der Waals surface area contributed by atoms with Crippen molar-refractivity contribution in [3.05, 3.63) is 80.0 Å². The zero-order valence-electron chi connectivity index (χ0n) is 14.5. The van der Waals surface area contributed by atoms with E-state index in [0.717, 1.165) is 23.1 Å². The van der Waals surface area contributed by atoms with Gasteiger partial charge >= 0.3 is 0 Å². The fourth-order valence-corrected chi connectivity index (χ4v) is 3.01. The summed E-state index contributed by atoms with van der Waals surface area (Å²) >= 11 is 3.26. The van der Waals surface area contributed by atoms with Crippen molar-refractivity contribution < 1.29 is 9.31 Å². The topological polar surface area (TPSA) is 85.3 Å². The molecule has 0 bridgehead atoms. The number of nitrogens with one attached hydrogen (secondary N) is 1. The Morgan fingerprint density at radius 1 is 1.30 bits per heavy atom. The second kappa shape index (κ2) is 7.67. The average Bonchev–Trinajstić information content (AvgIpc) is 2.90. The molecule has 0 aliphatic carbocycles. The zero-order valence-corrected chi connectivity index (χ0v) is 16.1. The van der Waals surface area contributed by atoms with Gasteiger partial charge in [0, 0.05) is 27.5 Å². The number of nitro groups is 1. The van der Waals surface area contributed by atoms with Gasteiger partial charge in [0.15, 0.2) is 0 Å². The summed E-state index contributed by atoms with van der Waals surface area (Å²) in [5.41, 5.74) is 5.59. The molecule has 0 unspecified atom stereocenters. The Morgan fingerprint density at radius 3 is 2.70 bits per heavy atom. The highest BCUT2D eigenvalue weighted by Crippen LogP contribution is 2.24. The Bertz CT molecular complexity index is 1030. The summed E-state index contributed by atoms with van der Waals surface area (Å²) < 4.78 is 16.8. The Hall–Kier alpha value is -3.07. The van der Waals surface area contributed by atoms with Crippen molar-refractivity contribution in [1.82, 2.24) is 9.55 Å². The van der Waals surface area contributed by atoms with Crippen LogP contribution < -0.4 is 5.43 Å². The Morgan fingerprint density at radius 2 is 2.07 bits per heavy atom. The lowest BCUT2D eigenvalue weighted by Gasteiger charge is -2.11. The molecular formula is C18H15BrFN5O2. The van der Waals surface area contributed by atoms with Gasteiger partial charge in [-0.1, -0.05) is 15.9 Å². The van der Waals surface area contributed by atoms with Crippen molar-refractivity contribution in [3.63, 3.8) is 0 Å². The first-order chi connectivity index (χ1) is 12.9. The Balaban J connectivity index is 1.82. The van der Waals surface area contributed by atoms with E-state index in [0.29, 0.717) is 16.0 Å². The third kappa shape index (κ3) is 4.03. The van der Waals surface area contributed by atoms with Gasteiger partial charge in [0.25, 0.3) is 5.69 Å². The van der Waals surface area contributed by atoms with E-state index in [1.165, 1.54) is 18.2 Å². The fraction of sp³-hybridized carbons (Fsp3) is 0.111. The van der Waals surface area contributed by atoms with Crippen LogP contribution in [0.5, 0.6) is 0 Å². The van der Waals surface area contributed by atoms with Crippen molar-refractivity contribution in [3.8, 4) is 5.69 Å². The summed E-state index contributed by atoms with van der Waals surface area (Å²) in [6.45, 7) is 3.76. The van der Waals surface area contributed by atoms with Gasteiger partial charge in [0.1, 0.15) is 17.8 Å². The molecule has 9 heteroatoms. The zero-order chi connectivity index (χ0) is 19.6. The van der Waals surface area contributed by atoms with Crippen molar-refractivity contribution in [1.29, 1.82) is 0 Å². The van der Waals surface area contributed by atoms with Crippen LogP contribution in [0.4, 0.5) is 15.9 Å². The van der Waals surface area contributed by atoms with E-state index in [-0.39, 0.29) is 11.5 Å². The summed E-state index contributed by atoms with van der Waals surface area (Å²) in [5, 5.41) is 14.7. The Kier molecular flexibility index (Phi) is 5.31. The van der Waals surface area contributed by atoms with E-state index < -0.39 is 4.92 Å². The van der Waals surface area contributed by atoms with Gasteiger partial charge in [0.2, 0.25) is 0 Å². The summed E-state index contributed by atoms with van der Waals surface area (Å²) in [7, 11) is 0. The van der Waals surface area contributed by atoms with E-state index in [4.69, 9.17) is 0 Å². The van der Waals surface area contributed by atoms with Crippen LogP contribution in [0.3, 0.4) is 0 Å². The molecule has 0 fully saturated rings. The molecule has 0 radical (unpaired) electrons. The molecular weight excluding hydrogens is 417 g/mol. The highest BCUT2D eigenvalue weighted by molar-refractivity contribution is 9.10. The highest BCUT2D eigenvalue weighted by atomic mass is 79.9. The number of hydrogen-bond acceptors (Lipinski definition) is 5. The quantitative estimate of drug-likeness (QED) is 0.358. The van der Waals surface area contributed by atoms with Crippen molar-refractivity contribution in [2.45, 2.75) is 13.8 Å². The number of anilines is 1. The van der Waals surface area contributed by atoms with Crippen molar-refractivity contribution >= 4 is 33.6 Å². The van der Waals surface area contributed by atoms with Gasteiger partial charge in [0.05, 0.1) is 16.8 Å². The van der Waals surface area contributed by atoms with E-state index in [1.54, 1.807) is 18.3 Å². The molecule has 0 atom stereocenters. The summed E-state index contributed by atoms with van der Waals surface area (Å²) in [4.78, 5) is 14.0. The monoisotopic (exact) mass is 431 g/mol. The number of pyridine rings is 1. The van der Waals surface area contributed by atoms with E-state index in [9.17, 15) is 14.5 Å². The van der Waals surface area contributed by atoms with Gasteiger partial charge in [-0.15, -0.1) is 0 Å². The van der Waals surface area contributed by atoms with Gasteiger partial charge < -0.3 is 4.57 Å². The molecule has 2 heterocycles. The van der Waals surface area contributed by atoms with Gasteiger partial charge in [-0.25, -0.2) is 9.37 Å². The smallest absolute Gasteiger partial charge is 0.287 e. The van der Waals surface area contributed by atoms with Crippen LogP contribution in [-0.4, -0.2) is 20.7 Å². The minimum Gasteiger partial charge on any atom is -0.315 e. The maximum atomic E-state index is 14.3. The molecule has 0 aliphatic rings. The first-order valence-corrected chi connectivity index (χ1v) is 8.70. The second-order valence-corrected chi connectivity index (χ2v) is 6.70. The number of hydrogen-bond donors (Lipinski definition) is 1. The van der Waals surface area contributed by atoms with Crippen LogP contribution in [0.2, 0.25) is 0 Å². The van der Waals surface area contributed by atoms with Crippen LogP contribution in [0.25, 0.3) is 5.69 Å².